The highest BCUT2D eigenvalue weighted by atomic mass is 35.5. The SMILES string of the molecule is O=c1ncn2nc(OC3CCCC=C3Cl)ccc2c1-c1c(Cl)cccc1Cl. The molecule has 5 nitrogen and oxygen atoms in total. The summed E-state index contributed by atoms with van der Waals surface area (Å²) in [6.45, 7) is 0. The molecule has 8 heteroatoms. The molecule has 4 rings (SSSR count). The molecule has 1 unspecified atom stereocenters. The van der Waals surface area contributed by atoms with Crippen molar-refractivity contribution >= 4 is 40.3 Å². The van der Waals surface area contributed by atoms with Crippen LogP contribution in [0, 0.1) is 0 Å². The fourth-order valence-corrected chi connectivity index (χ4v) is 3.94. The van der Waals surface area contributed by atoms with Crippen LogP contribution in [0.2, 0.25) is 10.0 Å². The predicted octanol–water partition coefficient (Wildman–Crippen LogP) is 5.12. The molecule has 0 N–H and O–H groups in total. The van der Waals surface area contributed by atoms with Gasteiger partial charge >= 0.3 is 0 Å². The first-order valence-corrected chi connectivity index (χ1v) is 9.53. The van der Waals surface area contributed by atoms with Crippen molar-refractivity contribution in [3.05, 3.63) is 68.2 Å². The van der Waals surface area contributed by atoms with Gasteiger partial charge in [0, 0.05) is 11.6 Å². The molecule has 1 aliphatic rings. The summed E-state index contributed by atoms with van der Waals surface area (Å²) in [5.41, 5.74) is 0.828. The second-order valence-electron chi connectivity index (χ2n) is 6.15. The minimum absolute atomic E-state index is 0.213. The van der Waals surface area contributed by atoms with E-state index in [1.165, 1.54) is 10.8 Å². The lowest BCUT2D eigenvalue weighted by molar-refractivity contribution is 0.213. The molecule has 138 valence electrons. The largest absolute Gasteiger partial charge is 0.468 e. The van der Waals surface area contributed by atoms with Crippen LogP contribution >= 0.6 is 34.8 Å². The topological polar surface area (TPSA) is 56.5 Å². The van der Waals surface area contributed by atoms with E-state index >= 15 is 0 Å². The first kappa shape index (κ1) is 18.3. The van der Waals surface area contributed by atoms with Crippen LogP contribution in [0.1, 0.15) is 19.3 Å². The molecule has 0 amide bonds. The molecule has 0 bridgehead atoms. The Bertz CT molecular complexity index is 1090. The first-order chi connectivity index (χ1) is 13.0. The van der Waals surface area contributed by atoms with Crippen molar-refractivity contribution in [2.45, 2.75) is 25.4 Å². The summed E-state index contributed by atoms with van der Waals surface area (Å²) in [5, 5.41) is 5.84. The van der Waals surface area contributed by atoms with Crippen LogP contribution in [-0.4, -0.2) is 20.7 Å². The molecule has 3 aromatic rings. The molecule has 0 saturated carbocycles. The summed E-state index contributed by atoms with van der Waals surface area (Å²) in [6.07, 6.45) is 5.89. The van der Waals surface area contributed by atoms with Crippen LogP contribution < -0.4 is 10.3 Å². The number of aromatic nitrogens is 3. The third-order valence-corrected chi connectivity index (χ3v) is 5.41. The van der Waals surface area contributed by atoms with E-state index in [4.69, 9.17) is 39.5 Å². The minimum atomic E-state index is -0.432. The molecule has 0 radical (unpaired) electrons. The maximum atomic E-state index is 12.5. The standard InChI is InChI=1S/C19H14Cl3N3O2/c20-11-4-1-2-7-15(11)27-16-9-8-14-18(19(26)23-10-25(14)24-16)17-12(21)5-3-6-13(17)22/h3-6,8-10,15H,1-2,7H2. The van der Waals surface area contributed by atoms with Crippen LogP contribution in [0.4, 0.5) is 0 Å². The smallest absolute Gasteiger partial charge is 0.281 e. The Balaban J connectivity index is 1.81. The van der Waals surface area contributed by atoms with Crippen molar-refractivity contribution in [2.75, 3.05) is 0 Å². The second-order valence-corrected chi connectivity index (χ2v) is 7.40. The van der Waals surface area contributed by atoms with Crippen molar-refractivity contribution in [1.82, 2.24) is 14.6 Å². The van der Waals surface area contributed by atoms with Gasteiger partial charge in [-0.05, 0) is 37.5 Å². The van der Waals surface area contributed by atoms with Gasteiger partial charge in [-0.25, -0.2) is 4.52 Å². The number of nitrogens with zero attached hydrogens (tertiary/aromatic N) is 3. The maximum absolute atomic E-state index is 12.5. The molecule has 27 heavy (non-hydrogen) atoms. The maximum Gasteiger partial charge on any atom is 0.281 e. The molecule has 0 fully saturated rings. The Morgan fingerprint density at radius 2 is 1.85 bits per heavy atom. The summed E-state index contributed by atoms with van der Waals surface area (Å²) in [4.78, 5) is 16.4. The van der Waals surface area contributed by atoms with Crippen molar-refractivity contribution in [1.29, 1.82) is 0 Å². The molecule has 2 heterocycles. The van der Waals surface area contributed by atoms with Crippen LogP contribution in [-0.2, 0) is 0 Å². The Morgan fingerprint density at radius 3 is 2.59 bits per heavy atom. The van der Waals surface area contributed by atoms with Gasteiger partial charge in [0.2, 0.25) is 5.88 Å². The van der Waals surface area contributed by atoms with E-state index in [9.17, 15) is 4.79 Å². The van der Waals surface area contributed by atoms with Gasteiger partial charge in [-0.2, -0.15) is 4.98 Å². The van der Waals surface area contributed by atoms with Crippen LogP contribution in [0.3, 0.4) is 0 Å². The average molecular weight is 423 g/mol. The molecule has 0 spiro atoms. The lowest BCUT2D eigenvalue weighted by Crippen LogP contribution is -2.21. The molecule has 1 aromatic carbocycles. The van der Waals surface area contributed by atoms with Gasteiger partial charge in [0.15, 0.2) is 0 Å². The monoisotopic (exact) mass is 421 g/mol. The Labute approximate surface area is 170 Å². The van der Waals surface area contributed by atoms with Crippen LogP contribution in [0.25, 0.3) is 16.6 Å². The Morgan fingerprint density at radius 1 is 1.07 bits per heavy atom. The minimum Gasteiger partial charge on any atom is -0.468 e. The first-order valence-electron chi connectivity index (χ1n) is 8.40. The Kier molecular flexibility index (Phi) is 5.08. The number of halogens is 3. The van der Waals surface area contributed by atoms with E-state index < -0.39 is 5.56 Å². The fraction of sp³-hybridized carbons (Fsp3) is 0.211. The van der Waals surface area contributed by atoms with E-state index in [0.29, 0.717) is 37.6 Å². The molecule has 0 saturated heterocycles. The van der Waals surface area contributed by atoms with Crippen molar-refractivity contribution in [3.8, 4) is 17.0 Å². The zero-order valence-electron chi connectivity index (χ0n) is 14.0. The summed E-state index contributed by atoms with van der Waals surface area (Å²) in [5.74, 6) is 0.391. The molecular weight excluding hydrogens is 409 g/mol. The number of rotatable bonds is 3. The van der Waals surface area contributed by atoms with Crippen molar-refractivity contribution < 1.29 is 4.74 Å². The van der Waals surface area contributed by atoms with Gasteiger partial charge < -0.3 is 4.74 Å². The lowest BCUT2D eigenvalue weighted by atomic mass is 10.1. The summed E-state index contributed by atoms with van der Waals surface area (Å²) >= 11 is 18.8. The third-order valence-electron chi connectivity index (χ3n) is 4.38. The highest BCUT2D eigenvalue weighted by molar-refractivity contribution is 6.39. The highest BCUT2D eigenvalue weighted by Gasteiger charge is 2.20. The zero-order chi connectivity index (χ0) is 19.0. The number of allylic oxidation sites excluding steroid dienone is 1. The van der Waals surface area contributed by atoms with Gasteiger partial charge in [-0.15, -0.1) is 5.10 Å². The number of ether oxygens (including phenoxy) is 1. The second kappa shape index (κ2) is 7.50. The number of fused-ring (bicyclic) bond motifs is 1. The molecular formula is C19H14Cl3N3O2. The lowest BCUT2D eigenvalue weighted by Gasteiger charge is -2.21. The van der Waals surface area contributed by atoms with E-state index in [1.54, 1.807) is 30.3 Å². The number of hydrogen-bond acceptors (Lipinski definition) is 4. The van der Waals surface area contributed by atoms with Crippen molar-refractivity contribution in [2.24, 2.45) is 0 Å². The quantitative estimate of drug-likeness (QED) is 0.588. The fourth-order valence-electron chi connectivity index (χ4n) is 3.10. The van der Waals surface area contributed by atoms with Gasteiger partial charge in [0.25, 0.3) is 5.56 Å². The van der Waals surface area contributed by atoms with Gasteiger partial charge in [-0.3, -0.25) is 4.79 Å². The summed E-state index contributed by atoms with van der Waals surface area (Å²) in [6, 6.07) is 8.50. The molecule has 0 aliphatic heterocycles. The predicted molar refractivity (Wildman–Crippen MR) is 107 cm³/mol. The van der Waals surface area contributed by atoms with Crippen molar-refractivity contribution in [3.63, 3.8) is 0 Å². The summed E-state index contributed by atoms with van der Waals surface area (Å²) < 4.78 is 7.39. The molecule has 2 aromatic heterocycles. The Hall–Kier alpha value is -2.08. The number of hydrogen-bond donors (Lipinski definition) is 0. The third kappa shape index (κ3) is 3.55. The number of benzene rings is 1. The summed E-state index contributed by atoms with van der Waals surface area (Å²) in [7, 11) is 0. The van der Waals surface area contributed by atoms with E-state index in [2.05, 4.69) is 10.1 Å². The van der Waals surface area contributed by atoms with Gasteiger partial charge in [0.1, 0.15) is 12.4 Å². The molecule has 1 atom stereocenters. The molecule has 1 aliphatic carbocycles. The van der Waals surface area contributed by atoms with Crippen LogP contribution in [0.5, 0.6) is 5.88 Å². The van der Waals surface area contributed by atoms with E-state index in [1.807, 2.05) is 6.08 Å². The van der Waals surface area contributed by atoms with Crippen LogP contribution in [0.15, 0.2) is 52.6 Å². The highest BCUT2D eigenvalue weighted by Crippen LogP contribution is 2.35. The van der Waals surface area contributed by atoms with Gasteiger partial charge in [0.05, 0.1) is 26.2 Å². The zero-order valence-corrected chi connectivity index (χ0v) is 16.3. The van der Waals surface area contributed by atoms with E-state index in [-0.39, 0.29) is 6.10 Å². The average Bonchev–Trinajstić information content (AvgIpc) is 2.65. The van der Waals surface area contributed by atoms with E-state index in [0.717, 1.165) is 19.3 Å². The normalized spacial score (nSPS) is 17.0. The van der Waals surface area contributed by atoms with Gasteiger partial charge in [-0.1, -0.05) is 46.9 Å².